The van der Waals surface area contributed by atoms with Crippen LogP contribution in [-0.2, 0) is 19.1 Å². The highest BCUT2D eigenvalue weighted by molar-refractivity contribution is 5.81. The summed E-state index contributed by atoms with van der Waals surface area (Å²) in [5.41, 5.74) is 0.949. The van der Waals surface area contributed by atoms with Gasteiger partial charge in [-0.25, -0.2) is 4.79 Å². The van der Waals surface area contributed by atoms with Gasteiger partial charge in [0.25, 0.3) is 5.91 Å². The van der Waals surface area contributed by atoms with Crippen LogP contribution in [-0.4, -0.2) is 74.1 Å². The van der Waals surface area contributed by atoms with E-state index in [1.54, 1.807) is 21.9 Å². The van der Waals surface area contributed by atoms with Crippen molar-refractivity contribution in [3.05, 3.63) is 29.8 Å². The number of rotatable bonds is 7. The monoisotopic (exact) mass is 390 g/mol. The van der Waals surface area contributed by atoms with Crippen molar-refractivity contribution in [3.63, 3.8) is 0 Å². The molecule has 0 N–H and O–H groups in total. The van der Waals surface area contributed by atoms with E-state index in [1.165, 1.54) is 14.0 Å². The maximum absolute atomic E-state index is 12.1. The minimum absolute atomic E-state index is 0.00940. The average Bonchev–Trinajstić information content (AvgIpc) is 2.71. The van der Waals surface area contributed by atoms with Crippen LogP contribution in [0, 0.1) is 0 Å². The topological polar surface area (TPSA) is 85.4 Å². The maximum Gasteiger partial charge on any atom is 0.344 e. The minimum atomic E-state index is -0.643. The first kappa shape index (κ1) is 21.3. The zero-order valence-corrected chi connectivity index (χ0v) is 16.5. The smallest absolute Gasteiger partial charge is 0.344 e. The summed E-state index contributed by atoms with van der Waals surface area (Å²) in [5, 5.41) is 0. The van der Waals surface area contributed by atoms with Crippen LogP contribution < -0.4 is 9.47 Å². The van der Waals surface area contributed by atoms with Crippen molar-refractivity contribution in [2.45, 2.75) is 13.8 Å². The van der Waals surface area contributed by atoms with Crippen LogP contribution in [0.4, 0.5) is 0 Å². The molecular weight excluding hydrogens is 364 g/mol. The molecule has 0 aromatic heterocycles. The lowest BCUT2D eigenvalue weighted by Crippen LogP contribution is -2.51. The molecular formula is C20H26N2O6. The molecule has 1 aliphatic rings. The Kier molecular flexibility index (Phi) is 7.86. The molecule has 1 aromatic rings. The number of allylic oxidation sites excluding steroid dienone is 1. The van der Waals surface area contributed by atoms with Gasteiger partial charge in [-0.3, -0.25) is 9.59 Å². The molecule has 0 radical (unpaired) electrons. The van der Waals surface area contributed by atoms with E-state index in [1.807, 2.05) is 25.1 Å². The molecule has 0 aliphatic carbocycles. The second kappa shape index (κ2) is 10.3. The number of carbonyl (C=O) groups excluding carboxylic acids is 3. The Morgan fingerprint density at radius 3 is 2.32 bits per heavy atom. The van der Waals surface area contributed by atoms with E-state index in [2.05, 4.69) is 0 Å². The van der Waals surface area contributed by atoms with Gasteiger partial charge in [-0.05, 0) is 24.6 Å². The first-order chi connectivity index (χ1) is 13.4. The quantitative estimate of drug-likeness (QED) is 0.653. The van der Waals surface area contributed by atoms with Crippen molar-refractivity contribution >= 4 is 23.9 Å². The van der Waals surface area contributed by atoms with E-state index in [0.717, 1.165) is 5.56 Å². The fourth-order valence-corrected chi connectivity index (χ4v) is 2.78. The number of piperazine rings is 1. The zero-order valence-electron chi connectivity index (χ0n) is 16.5. The van der Waals surface area contributed by atoms with E-state index in [-0.39, 0.29) is 25.0 Å². The Hall–Kier alpha value is -3.03. The molecule has 8 nitrogen and oxygen atoms in total. The number of esters is 1. The average molecular weight is 390 g/mol. The molecule has 2 amide bonds. The molecule has 28 heavy (non-hydrogen) atoms. The Morgan fingerprint density at radius 2 is 1.71 bits per heavy atom. The van der Waals surface area contributed by atoms with Gasteiger partial charge < -0.3 is 24.0 Å². The summed E-state index contributed by atoms with van der Waals surface area (Å²) in [6, 6.07) is 5.35. The molecule has 0 spiro atoms. The number of amides is 2. The molecule has 1 fully saturated rings. The number of carbonyl (C=O) groups is 3. The van der Waals surface area contributed by atoms with Gasteiger partial charge in [-0.15, -0.1) is 0 Å². The summed E-state index contributed by atoms with van der Waals surface area (Å²) in [6.45, 7) is 4.58. The number of benzene rings is 1. The van der Waals surface area contributed by atoms with Crippen LogP contribution in [0.5, 0.6) is 11.5 Å². The molecule has 0 atom stereocenters. The third-order valence-electron chi connectivity index (χ3n) is 4.33. The van der Waals surface area contributed by atoms with E-state index >= 15 is 0 Å². The van der Waals surface area contributed by atoms with Gasteiger partial charge in [0, 0.05) is 33.1 Å². The molecule has 0 saturated carbocycles. The second-order valence-electron chi connectivity index (χ2n) is 6.25. The van der Waals surface area contributed by atoms with E-state index < -0.39 is 5.97 Å². The molecule has 1 aliphatic heterocycles. The summed E-state index contributed by atoms with van der Waals surface area (Å²) >= 11 is 0. The van der Waals surface area contributed by atoms with Gasteiger partial charge >= 0.3 is 5.97 Å². The molecule has 1 heterocycles. The van der Waals surface area contributed by atoms with Crippen LogP contribution in [0.1, 0.15) is 19.4 Å². The normalized spacial score (nSPS) is 14.1. The van der Waals surface area contributed by atoms with Crippen molar-refractivity contribution in [3.8, 4) is 11.5 Å². The highest BCUT2D eigenvalue weighted by atomic mass is 16.6. The third-order valence-corrected chi connectivity index (χ3v) is 4.33. The number of hydrogen-bond acceptors (Lipinski definition) is 6. The third kappa shape index (κ3) is 6.00. The van der Waals surface area contributed by atoms with Crippen molar-refractivity contribution in [2.75, 3.05) is 46.5 Å². The van der Waals surface area contributed by atoms with Crippen LogP contribution in [0.2, 0.25) is 0 Å². The van der Waals surface area contributed by atoms with Gasteiger partial charge in [0.15, 0.2) is 24.7 Å². The molecule has 0 unspecified atom stereocenters. The fourth-order valence-electron chi connectivity index (χ4n) is 2.78. The van der Waals surface area contributed by atoms with Gasteiger partial charge in [0.05, 0.1) is 7.11 Å². The van der Waals surface area contributed by atoms with Gasteiger partial charge in [-0.2, -0.15) is 0 Å². The van der Waals surface area contributed by atoms with Crippen molar-refractivity contribution in [1.82, 2.24) is 9.80 Å². The largest absolute Gasteiger partial charge is 0.493 e. The highest BCUT2D eigenvalue weighted by Gasteiger charge is 2.23. The number of hydrogen-bond donors (Lipinski definition) is 0. The molecule has 0 bridgehead atoms. The second-order valence-corrected chi connectivity index (χ2v) is 6.25. The van der Waals surface area contributed by atoms with Crippen LogP contribution in [0.15, 0.2) is 24.3 Å². The van der Waals surface area contributed by atoms with Crippen molar-refractivity contribution < 1.29 is 28.6 Å². The molecule has 2 rings (SSSR count). The highest BCUT2D eigenvalue weighted by Crippen LogP contribution is 2.28. The number of methoxy groups -OCH3 is 1. The predicted molar refractivity (Wildman–Crippen MR) is 103 cm³/mol. The van der Waals surface area contributed by atoms with Crippen molar-refractivity contribution in [1.29, 1.82) is 0 Å². The lowest BCUT2D eigenvalue weighted by molar-refractivity contribution is -0.154. The lowest BCUT2D eigenvalue weighted by Gasteiger charge is -2.34. The van der Waals surface area contributed by atoms with Gasteiger partial charge in [-0.1, -0.05) is 18.2 Å². The van der Waals surface area contributed by atoms with E-state index in [4.69, 9.17) is 14.2 Å². The number of ether oxygens (including phenoxy) is 3. The summed E-state index contributed by atoms with van der Waals surface area (Å²) in [5.74, 6) is -0.0211. The van der Waals surface area contributed by atoms with Crippen LogP contribution in [0.3, 0.4) is 0 Å². The van der Waals surface area contributed by atoms with Crippen LogP contribution >= 0.6 is 0 Å². The first-order valence-corrected chi connectivity index (χ1v) is 9.07. The standard InChI is InChI=1S/C20H26N2O6/c1-4-5-16-6-7-17(18(12-16)26-3)27-14-20(25)28-13-19(24)22-10-8-21(9-11-22)15(2)23/h4-7,12H,8-11,13-14H2,1-3H3/b5-4+. The summed E-state index contributed by atoms with van der Waals surface area (Å²) in [7, 11) is 1.52. The van der Waals surface area contributed by atoms with E-state index in [0.29, 0.717) is 37.7 Å². The molecule has 1 aromatic carbocycles. The predicted octanol–water partition coefficient (Wildman–Crippen LogP) is 1.34. The number of nitrogens with zero attached hydrogens (tertiary/aromatic N) is 2. The molecule has 8 heteroatoms. The minimum Gasteiger partial charge on any atom is -0.493 e. The van der Waals surface area contributed by atoms with Crippen LogP contribution in [0.25, 0.3) is 6.08 Å². The maximum atomic E-state index is 12.1. The Labute approximate surface area is 164 Å². The summed E-state index contributed by atoms with van der Waals surface area (Å²) in [4.78, 5) is 38.6. The Bertz CT molecular complexity index is 738. The SMILES string of the molecule is C/C=C/c1ccc(OCC(=O)OCC(=O)N2CCN(C(C)=O)CC2)c(OC)c1. The molecule has 1 saturated heterocycles. The lowest BCUT2D eigenvalue weighted by atomic mass is 10.2. The zero-order chi connectivity index (χ0) is 20.5. The van der Waals surface area contributed by atoms with Gasteiger partial charge in [0.2, 0.25) is 5.91 Å². The fraction of sp³-hybridized carbons (Fsp3) is 0.450. The first-order valence-electron chi connectivity index (χ1n) is 9.07. The molecule has 152 valence electrons. The summed E-state index contributed by atoms with van der Waals surface area (Å²) in [6.07, 6.45) is 3.83. The van der Waals surface area contributed by atoms with E-state index in [9.17, 15) is 14.4 Å². The summed E-state index contributed by atoms with van der Waals surface area (Å²) < 4.78 is 15.7. The Balaban J connectivity index is 1.77. The van der Waals surface area contributed by atoms with Crippen molar-refractivity contribution in [2.24, 2.45) is 0 Å². The van der Waals surface area contributed by atoms with Gasteiger partial charge in [0.1, 0.15) is 0 Å². The Morgan fingerprint density at radius 1 is 1.04 bits per heavy atom.